The molecule has 0 saturated carbocycles. The Kier molecular flexibility index (Phi) is 5.52. The summed E-state index contributed by atoms with van der Waals surface area (Å²) in [4.78, 5) is 0. The molecule has 0 radical (unpaired) electrons. The first-order valence-corrected chi connectivity index (χ1v) is 8.00. The number of halogens is 4. The van der Waals surface area contributed by atoms with Crippen LogP contribution in [0.2, 0.25) is 0 Å². The lowest BCUT2D eigenvalue weighted by molar-refractivity contribution is 0.397. The van der Waals surface area contributed by atoms with E-state index in [4.69, 9.17) is 21.1 Å². The van der Waals surface area contributed by atoms with Crippen LogP contribution in [0.15, 0.2) is 39.3 Å². The van der Waals surface area contributed by atoms with Crippen molar-refractivity contribution >= 4 is 43.5 Å². The molecule has 1 unspecified atom stereocenters. The Bertz CT molecular complexity index is 644. The number of alkyl halides is 1. The van der Waals surface area contributed by atoms with Crippen LogP contribution in [-0.4, -0.2) is 14.2 Å². The maximum atomic E-state index is 13.5. The second-order valence-electron chi connectivity index (χ2n) is 4.29. The van der Waals surface area contributed by atoms with Gasteiger partial charge in [0, 0.05) is 10.0 Å². The van der Waals surface area contributed by atoms with Crippen LogP contribution in [0.4, 0.5) is 4.39 Å². The second kappa shape index (κ2) is 6.99. The summed E-state index contributed by atoms with van der Waals surface area (Å²) in [5, 5.41) is -0.561. The van der Waals surface area contributed by atoms with Gasteiger partial charge in [-0.3, -0.25) is 0 Å². The molecule has 112 valence electrons. The first-order valence-electron chi connectivity index (χ1n) is 5.97. The molecule has 0 amide bonds. The van der Waals surface area contributed by atoms with Crippen molar-refractivity contribution in [2.45, 2.75) is 5.38 Å². The second-order valence-corrected chi connectivity index (χ2v) is 6.50. The predicted molar refractivity (Wildman–Crippen MR) is 89.0 cm³/mol. The van der Waals surface area contributed by atoms with Gasteiger partial charge >= 0.3 is 0 Å². The smallest absolute Gasteiger partial charge is 0.133 e. The summed E-state index contributed by atoms with van der Waals surface area (Å²) in [5.41, 5.74) is 1.34. The van der Waals surface area contributed by atoms with Crippen LogP contribution >= 0.6 is 43.5 Å². The van der Waals surface area contributed by atoms with Crippen LogP contribution in [0.3, 0.4) is 0 Å². The van der Waals surface area contributed by atoms with Crippen molar-refractivity contribution < 1.29 is 13.9 Å². The fraction of sp³-hybridized carbons (Fsp3) is 0.200. The molecule has 0 bridgehead atoms. The van der Waals surface area contributed by atoms with Gasteiger partial charge in [-0.05, 0) is 51.8 Å². The first-order chi connectivity index (χ1) is 9.96. The zero-order chi connectivity index (χ0) is 15.6. The average molecular weight is 439 g/mol. The fourth-order valence-corrected chi connectivity index (χ4v) is 3.25. The lowest BCUT2D eigenvalue weighted by Gasteiger charge is -2.17. The molecule has 2 aromatic rings. The highest BCUT2D eigenvalue weighted by atomic mass is 79.9. The molecule has 1 atom stereocenters. The van der Waals surface area contributed by atoms with Gasteiger partial charge < -0.3 is 9.47 Å². The van der Waals surface area contributed by atoms with Gasteiger partial charge in [0.1, 0.15) is 17.3 Å². The SMILES string of the molecule is COc1cc(C(Cl)c2cc(F)cc(Br)c2)c(OC)cc1Br. The Balaban J connectivity index is 2.53. The third-order valence-corrected chi connectivity index (χ3v) is 4.52. The summed E-state index contributed by atoms with van der Waals surface area (Å²) in [7, 11) is 3.13. The van der Waals surface area contributed by atoms with Crippen LogP contribution in [0.1, 0.15) is 16.5 Å². The molecular formula is C15H12Br2ClFO2. The molecule has 2 aromatic carbocycles. The topological polar surface area (TPSA) is 18.5 Å². The average Bonchev–Trinajstić information content (AvgIpc) is 2.45. The Hall–Kier alpha value is -0.780. The zero-order valence-corrected chi connectivity index (χ0v) is 15.2. The highest BCUT2D eigenvalue weighted by Crippen LogP contribution is 2.41. The van der Waals surface area contributed by atoms with Crippen molar-refractivity contribution in [1.29, 1.82) is 0 Å². The number of hydrogen-bond acceptors (Lipinski definition) is 2. The van der Waals surface area contributed by atoms with Crippen molar-refractivity contribution in [2.75, 3.05) is 14.2 Å². The molecule has 0 aliphatic rings. The van der Waals surface area contributed by atoms with E-state index in [1.54, 1.807) is 32.4 Å². The van der Waals surface area contributed by atoms with E-state index in [1.165, 1.54) is 12.1 Å². The molecule has 0 aliphatic heterocycles. The minimum Gasteiger partial charge on any atom is -0.496 e. The van der Waals surface area contributed by atoms with Crippen LogP contribution < -0.4 is 9.47 Å². The first kappa shape index (κ1) is 16.6. The fourth-order valence-electron chi connectivity index (χ4n) is 1.98. The highest BCUT2D eigenvalue weighted by Gasteiger charge is 2.19. The molecule has 0 saturated heterocycles. The van der Waals surface area contributed by atoms with E-state index in [-0.39, 0.29) is 5.82 Å². The normalized spacial score (nSPS) is 12.1. The van der Waals surface area contributed by atoms with Crippen LogP contribution in [0.5, 0.6) is 11.5 Å². The molecule has 0 spiro atoms. The van der Waals surface area contributed by atoms with E-state index in [1.807, 2.05) is 0 Å². The molecule has 0 heterocycles. The van der Waals surface area contributed by atoms with E-state index >= 15 is 0 Å². The summed E-state index contributed by atoms with van der Waals surface area (Å²) in [6.45, 7) is 0. The van der Waals surface area contributed by atoms with Gasteiger partial charge in [0.2, 0.25) is 0 Å². The van der Waals surface area contributed by atoms with E-state index in [0.29, 0.717) is 27.1 Å². The van der Waals surface area contributed by atoms with Crippen LogP contribution in [0, 0.1) is 5.82 Å². The Labute approximate surface area is 144 Å². The van der Waals surface area contributed by atoms with Crippen molar-refractivity contribution in [3.05, 3.63) is 56.2 Å². The Morgan fingerprint density at radius 1 is 1.00 bits per heavy atom. The molecule has 21 heavy (non-hydrogen) atoms. The molecule has 0 aliphatic carbocycles. The van der Waals surface area contributed by atoms with E-state index < -0.39 is 5.38 Å². The van der Waals surface area contributed by atoms with E-state index in [0.717, 1.165) is 4.47 Å². The van der Waals surface area contributed by atoms with E-state index in [9.17, 15) is 4.39 Å². The summed E-state index contributed by atoms with van der Waals surface area (Å²) in [5.74, 6) is 0.878. The highest BCUT2D eigenvalue weighted by molar-refractivity contribution is 9.10. The lowest BCUT2D eigenvalue weighted by Crippen LogP contribution is -2.00. The third kappa shape index (κ3) is 3.71. The van der Waals surface area contributed by atoms with Crippen LogP contribution in [-0.2, 0) is 0 Å². The third-order valence-electron chi connectivity index (χ3n) is 2.95. The monoisotopic (exact) mass is 436 g/mol. The van der Waals surface area contributed by atoms with Gasteiger partial charge in [-0.15, -0.1) is 11.6 Å². The van der Waals surface area contributed by atoms with Crippen molar-refractivity contribution in [3.8, 4) is 11.5 Å². The van der Waals surface area contributed by atoms with Gasteiger partial charge in [-0.2, -0.15) is 0 Å². The molecule has 6 heteroatoms. The van der Waals surface area contributed by atoms with E-state index in [2.05, 4.69) is 31.9 Å². The number of methoxy groups -OCH3 is 2. The molecule has 0 aromatic heterocycles. The quantitative estimate of drug-likeness (QED) is 0.571. The molecular weight excluding hydrogens is 426 g/mol. The van der Waals surface area contributed by atoms with Crippen LogP contribution in [0.25, 0.3) is 0 Å². The zero-order valence-electron chi connectivity index (χ0n) is 11.3. The van der Waals surface area contributed by atoms with Gasteiger partial charge in [0.05, 0.1) is 24.1 Å². The maximum absolute atomic E-state index is 13.5. The molecule has 2 nitrogen and oxygen atoms in total. The molecule has 2 rings (SSSR count). The predicted octanol–water partition coefficient (Wildman–Crippen LogP) is 5.70. The van der Waals surface area contributed by atoms with Crippen molar-refractivity contribution in [3.63, 3.8) is 0 Å². The summed E-state index contributed by atoms with van der Waals surface area (Å²) >= 11 is 13.2. The summed E-state index contributed by atoms with van der Waals surface area (Å²) in [6.07, 6.45) is 0. The minimum atomic E-state index is -0.561. The summed E-state index contributed by atoms with van der Waals surface area (Å²) in [6, 6.07) is 8.11. The van der Waals surface area contributed by atoms with Crippen molar-refractivity contribution in [2.24, 2.45) is 0 Å². The molecule has 0 fully saturated rings. The number of ether oxygens (including phenoxy) is 2. The minimum absolute atomic E-state index is 0.354. The number of hydrogen-bond donors (Lipinski definition) is 0. The van der Waals surface area contributed by atoms with Gasteiger partial charge in [0.25, 0.3) is 0 Å². The lowest BCUT2D eigenvalue weighted by atomic mass is 10.0. The van der Waals surface area contributed by atoms with Gasteiger partial charge in [0.15, 0.2) is 0 Å². The van der Waals surface area contributed by atoms with Gasteiger partial charge in [-0.25, -0.2) is 4.39 Å². The molecule has 0 N–H and O–H groups in total. The Morgan fingerprint density at radius 3 is 2.24 bits per heavy atom. The van der Waals surface area contributed by atoms with Gasteiger partial charge in [-0.1, -0.05) is 15.9 Å². The standard InChI is InChI=1S/C15H12Br2ClFO2/c1-20-13-7-12(17)14(21-2)6-11(13)15(18)8-3-9(16)5-10(19)4-8/h3-7,15H,1-2H3. The summed E-state index contributed by atoms with van der Waals surface area (Å²) < 4.78 is 25.6. The number of rotatable bonds is 4. The maximum Gasteiger partial charge on any atom is 0.133 e. The Morgan fingerprint density at radius 2 is 1.67 bits per heavy atom. The number of benzene rings is 2. The van der Waals surface area contributed by atoms with Crippen molar-refractivity contribution in [1.82, 2.24) is 0 Å². The largest absolute Gasteiger partial charge is 0.496 e.